The van der Waals surface area contributed by atoms with E-state index in [9.17, 15) is 9.59 Å². The minimum absolute atomic E-state index is 0.0869. The van der Waals surface area contributed by atoms with Crippen LogP contribution < -0.4 is 15.7 Å². The van der Waals surface area contributed by atoms with Crippen LogP contribution in [0.25, 0.3) is 11.0 Å². The van der Waals surface area contributed by atoms with Gasteiger partial charge >= 0.3 is 5.63 Å². The highest BCUT2D eigenvalue weighted by molar-refractivity contribution is 5.84. The number of ether oxygens (including phenoxy) is 1. The molecule has 30 heavy (non-hydrogen) atoms. The summed E-state index contributed by atoms with van der Waals surface area (Å²) in [6, 6.07) is 6.36. The molecule has 1 unspecified atom stereocenters. The lowest BCUT2D eigenvalue weighted by molar-refractivity contribution is -0.139. The highest BCUT2D eigenvalue weighted by Gasteiger charge is 2.56. The highest BCUT2D eigenvalue weighted by Crippen LogP contribution is 2.47. The summed E-state index contributed by atoms with van der Waals surface area (Å²) in [5.74, 6) is 1.86. The molecule has 5 atom stereocenters. The van der Waals surface area contributed by atoms with Gasteiger partial charge in [-0.1, -0.05) is 0 Å². The van der Waals surface area contributed by atoms with E-state index in [0.29, 0.717) is 35.3 Å². The van der Waals surface area contributed by atoms with Crippen molar-refractivity contribution in [1.29, 1.82) is 0 Å². The number of amides is 1. The quantitative estimate of drug-likeness (QED) is 0.791. The summed E-state index contributed by atoms with van der Waals surface area (Å²) < 4.78 is 11.7. The Kier molecular flexibility index (Phi) is 4.20. The van der Waals surface area contributed by atoms with Crippen molar-refractivity contribution in [2.24, 2.45) is 11.8 Å². The van der Waals surface area contributed by atoms with Crippen LogP contribution in [0.5, 0.6) is 5.75 Å². The summed E-state index contributed by atoms with van der Waals surface area (Å²) in [4.78, 5) is 27.8. The molecule has 3 aliphatic heterocycles. The van der Waals surface area contributed by atoms with Crippen LogP contribution in [0.1, 0.15) is 43.7 Å². The van der Waals surface area contributed by atoms with E-state index in [0.717, 1.165) is 68.1 Å². The van der Waals surface area contributed by atoms with Gasteiger partial charge in [0.1, 0.15) is 11.3 Å². The van der Waals surface area contributed by atoms with Crippen LogP contribution in [0.15, 0.2) is 27.4 Å². The van der Waals surface area contributed by atoms with Crippen molar-refractivity contribution < 1.29 is 13.9 Å². The van der Waals surface area contributed by atoms with Crippen LogP contribution in [-0.4, -0.2) is 42.1 Å². The van der Waals surface area contributed by atoms with Crippen LogP contribution in [0, 0.1) is 11.8 Å². The highest BCUT2D eigenvalue weighted by atomic mass is 16.5. The summed E-state index contributed by atoms with van der Waals surface area (Å²) in [6.07, 6.45) is 5.53. The predicted molar refractivity (Wildman–Crippen MR) is 113 cm³/mol. The molecule has 1 aromatic carbocycles. The van der Waals surface area contributed by atoms with Gasteiger partial charge in [-0.3, -0.25) is 4.79 Å². The number of nitrogens with one attached hydrogen (secondary N) is 1. The van der Waals surface area contributed by atoms with Gasteiger partial charge in [-0.25, -0.2) is 4.79 Å². The molecular formula is C24H28N2O4. The standard InChI is InChI=1S/C24H28N2O4/c1-13(23(27)26-20-8-9-21(26)19-12-25-11-18(19)20)29-14-6-7-16-15-4-2-3-5-17(15)24(28)30-22(16)10-14/h6-7,10,13,18-21,25H,2-5,8-9,11-12H2,1H3/t13?,18-,19+,20-,21+. The molecular weight excluding hydrogens is 380 g/mol. The van der Waals surface area contributed by atoms with Crippen molar-refractivity contribution in [1.82, 2.24) is 10.2 Å². The van der Waals surface area contributed by atoms with Crippen LogP contribution in [0.4, 0.5) is 0 Å². The fourth-order valence-electron chi connectivity index (χ4n) is 6.56. The summed E-state index contributed by atoms with van der Waals surface area (Å²) >= 11 is 0. The van der Waals surface area contributed by atoms with Gasteiger partial charge in [0, 0.05) is 42.2 Å². The molecule has 0 saturated carbocycles. The summed E-state index contributed by atoms with van der Waals surface area (Å²) in [6.45, 7) is 3.89. The van der Waals surface area contributed by atoms with E-state index in [2.05, 4.69) is 10.2 Å². The Hall–Kier alpha value is -2.34. The number of carbonyl (C=O) groups excluding carboxylic acids is 1. The van der Waals surface area contributed by atoms with E-state index < -0.39 is 6.10 Å². The maximum Gasteiger partial charge on any atom is 0.339 e. The van der Waals surface area contributed by atoms with Crippen LogP contribution in [-0.2, 0) is 17.6 Å². The molecule has 0 spiro atoms. The fourth-order valence-corrected chi connectivity index (χ4v) is 6.56. The second-order valence-corrected chi connectivity index (χ2v) is 9.42. The Bertz CT molecular complexity index is 1060. The molecule has 1 N–H and O–H groups in total. The van der Waals surface area contributed by atoms with Crippen molar-refractivity contribution in [2.75, 3.05) is 13.1 Å². The largest absolute Gasteiger partial charge is 0.481 e. The molecule has 6 nitrogen and oxygen atoms in total. The second kappa shape index (κ2) is 6.84. The number of fused-ring (bicyclic) bond motifs is 8. The topological polar surface area (TPSA) is 71.8 Å². The van der Waals surface area contributed by atoms with Crippen molar-refractivity contribution >= 4 is 16.9 Å². The number of hydrogen-bond donors (Lipinski definition) is 1. The molecule has 4 heterocycles. The fraction of sp³-hybridized carbons (Fsp3) is 0.583. The number of nitrogens with zero attached hydrogens (tertiary/aromatic N) is 1. The molecule has 2 bridgehead atoms. The lowest BCUT2D eigenvalue weighted by atomic mass is 9.82. The molecule has 1 aliphatic carbocycles. The van der Waals surface area contributed by atoms with Gasteiger partial charge in [-0.2, -0.15) is 0 Å². The molecule has 4 aliphatic rings. The molecule has 2 aromatic rings. The Morgan fingerprint density at radius 1 is 1.13 bits per heavy atom. The van der Waals surface area contributed by atoms with Gasteiger partial charge in [0.15, 0.2) is 6.10 Å². The van der Waals surface area contributed by atoms with Crippen LogP contribution in [0.3, 0.4) is 0 Å². The van der Waals surface area contributed by atoms with E-state index in [1.807, 2.05) is 19.1 Å². The van der Waals surface area contributed by atoms with Gasteiger partial charge in [0.25, 0.3) is 5.91 Å². The van der Waals surface area contributed by atoms with Gasteiger partial charge in [0.2, 0.25) is 0 Å². The van der Waals surface area contributed by atoms with Crippen LogP contribution >= 0.6 is 0 Å². The summed E-state index contributed by atoms with van der Waals surface area (Å²) in [5, 5.41) is 4.49. The Labute approximate surface area is 175 Å². The predicted octanol–water partition coefficient (Wildman–Crippen LogP) is 2.65. The van der Waals surface area contributed by atoms with Crippen molar-refractivity contribution in [3.05, 3.63) is 39.7 Å². The molecule has 0 radical (unpaired) electrons. The number of benzene rings is 1. The first-order valence-electron chi connectivity index (χ1n) is 11.4. The first kappa shape index (κ1) is 18.4. The van der Waals surface area contributed by atoms with Crippen molar-refractivity contribution in [2.45, 2.75) is 63.6 Å². The van der Waals surface area contributed by atoms with E-state index >= 15 is 0 Å². The second-order valence-electron chi connectivity index (χ2n) is 9.42. The average Bonchev–Trinajstić information content (AvgIpc) is 3.46. The third kappa shape index (κ3) is 2.66. The zero-order chi connectivity index (χ0) is 20.4. The van der Waals surface area contributed by atoms with Gasteiger partial charge in [-0.05, 0) is 75.0 Å². The molecule has 158 valence electrons. The van der Waals surface area contributed by atoms with E-state index in [1.165, 1.54) is 0 Å². The lowest BCUT2D eigenvalue weighted by Crippen LogP contribution is -2.45. The zero-order valence-electron chi connectivity index (χ0n) is 17.4. The molecule has 1 amide bonds. The van der Waals surface area contributed by atoms with Crippen molar-refractivity contribution in [3.63, 3.8) is 0 Å². The third-order valence-electron chi connectivity index (χ3n) is 7.88. The van der Waals surface area contributed by atoms with E-state index in [1.54, 1.807) is 6.07 Å². The molecule has 6 heteroatoms. The minimum atomic E-state index is -0.554. The summed E-state index contributed by atoms with van der Waals surface area (Å²) in [7, 11) is 0. The number of carbonyl (C=O) groups is 1. The Morgan fingerprint density at radius 3 is 2.57 bits per heavy atom. The molecule has 3 fully saturated rings. The van der Waals surface area contributed by atoms with E-state index in [-0.39, 0.29) is 11.5 Å². The van der Waals surface area contributed by atoms with Crippen LogP contribution in [0.2, 0.25) is 0 Å². The van der Waals surface area contributed by atoms with Crippen molar-refractivity contribution in [3.8, 4) is 5.75 Å². The zero-order valence-corrected chi connectivity index (χ0v) is 17.4. The number of aryl methyl sites for hydroxylation is 1. The number of rotatable bonds is 3. The Balaban J connectivity index is 1.24. The lowest BCUT2D eigenvalue weighted by Gasteiger charge is -2.28. The smallest absolute Gasteiger partial charge is 0.339 e. The maximum absolute atomic E-state index is 13.3. The summed E-state index contributed by atoms with van der Waals surface area (Å²) in [5.41, 5.74) is 2.28. The molecule has 1 aromatic heterocycles. The van der Waals surface area contributed by atoms with Gasteiger partial charge < -0.3 is 19.4 Å². The first-order valence-corrected chi connectivity index (χ1v) is 11.4. The first-order chi connectivity index (χ1) is 14.6. The van der Waals surface area contributed by atoms with Gasteiger partial charge in [0.05, 0.1) is 0 Å². The maximum atomic E-state index is 13.3. The number of hydrogen-bond acceptors (Lipinski definition) is 5. The molecule has 6 rings (SSSR count). The molecule has 3 saturated heterocycles. The SMILES string of the molecule is CC(Oc1ccc2c3c(c(=O)oc2c1)CCCC3)C(=O)N1[C@@H]2CC[C@H]1[C@H]1CNC[C@H]12. The Morgan fingerprint density at radius 2 is 1.83 bits per heavy atom. The minimum Gasteiger partial charge on any atom is -0.481 e. The van der Waals surface area contributed by atoms with Gasteiger partial charge in [-0.15, -0.1) is 0 Å². The third-order valence-corrected chi connectivity index (χ3v) is 7.88. The average molecular weight is 408 g/mol. The normalized spacial score (nSPS) is 30.4. The van der Waals surface area contributed by atoms with E-state index in [4.69, 9.17) is 9.15 Å². The monoisotopic (exact) mass is 408 g/mol.